The topological polar surface area (TPSA) is 43.1 Å². The minimum atomic E-state index is -4.61. The van der Waals surface area contributed by atoms with Crippen LogP contribution >= 0.6 is 0 Å². The second-order valence-corrected chi connectivity index (χ2v) is 4.02. The molecule has 0 fully saturated rings. The summed E-state index contributed by atoms with van der Waals surface area (Å²) in [7, 11) is 0. The molecule has 1 aromatic carbocycles. The maximum absolute atomic E-state index is 12.9. The number of aromatic nitrogens is 1. The third-order valence-corrected chi connectivity index (χ3v) is 2.77. The summed E-state index contributed by atoms with van der Waals surface area (Å²) in [4.78, 5) is 15.2. The van der Waals surface area contributed by atoms with Crippen molar-refractivity contribution in [2.24, 2.45) is 0 Å². The van der Waals surface area contributed by atoms with Gasteiger partial charge in [0.05, 0.1) is 11.1 Å². The van der Waals surface area contributed by atoms with Crippen molar-refractivity contribution < 1.29 is 17.6 Å². The highest BCUT2D eigenvalue weighted by molar-refractivity contribution is 5.95. The van der Waals surface area contributed by atoms with Crippen LogP contribution in [0, 0.1) is 0 Å². The molecule has 2 heterocycles. The number of nitrogens with zero attached hydrogens (tertiary/aromatic N) is 1. The molecule has 0 saturated heterocycles. The van der Waals surface area contributed by atoms with Crippen molar-refractivity contribution in [2.45, 2.75) is 6.18 Å². The molecule has 2 aromatic heterocycles. The van der Waals surface area contributed by atoms with Crippen LogP contribution in [-0.2, 0) is 6.18 Å². The molecule has 3 rings (SSSR count). The van der Waals surface area contributed by atoms with Crippen LogP contribution in [0.2, 0.25) is 0 Å². The molecule has 3 nitrogen and oxygen atoms in total. The molecule has 0 spiro atoms. The van der Waals surface area contributed by atoms with Crippen molar-refractivity contribution in [1.29, 1.82) is 0 Å². The number of pyridine rings is 1. The zero-order chi connectivity index (χ0) is 13.6. The molecule has 0 amide bonds. The average molecular weight is 265 g/mol. The summed E-state index contributed by atoms with van der Waals surface area (Å²) in [5, 5.41) is 0.405. The van der Waals surface area contributed by atoms with Gasteiger partial charge in [-0.3, -0.25) is 4.98 Å². The highest BCUT2D eigenvalue weighted by Crippen LogP contribution is 2.34. The molecule has 19 heavy (non-hydrogen) atoms. The monoisotopic (exact) mass is 265 g/mol. The lowest BCUT2D eigenvalue weighted by Crippen LogP contribution is -2.10. The zero-order valence-electron chi connectivity index (χ0n) is 9.36. The first-order valence-electron chi connectivity index (χ1n) is 5.35. The van der Waals surface area contributed by atoms with Crippen LogP contribution in [0.3, 0.4) is 0 Å². The van der Waals surface area contributed by atoms with Gasteiger partial charge in [0.2, 0.25) is 0 Å². The lowest BCUT2D eigenvalue weighted by Gasteiger charge is -2.09. The molecular weight excluding hydrogens is 259 g/mol. The fourth-order valence-corrected chi connectivity index (χ4v) is 1.96. The summed E-state index contributed by atoms with van der Waals surface area (Å²) >= 11 is 0. The fourth-order valence-electron chi connectivity index (χ4n) is 1.96. The van der Waals surface area contributed by atoms with Gasteiger partial charge < -0.3 is 4.42 Å². The first-order valence-corrected chi connectivity index (χ1v) is 5.35. The predicted octanol–water partition coefficient (Wildman–Crippen LogP) is 3.36. The van der Waals surface area contributed by atoms with Gasteiger partial charge in [-0.05, 0) is 12.1 Å². The number of halogens is 3. The average Bonchev–Trinajstić information content (AvgIpc) is 2.34. The van der Waals surface area contributed by atoms with E-state index < -0.39 is 17.4 Å². The van der Waals surface area contributed by atoms with E-state index in [1.54, 1.807) is 12.1 Å². The predicted molar refractivity (Wildman–Crippen MR) is 62.8 cm³/mol. The Morgan fingerprint density at radius 1 is 1.16 bits per heavy atom. The van der Waals surface area contributed by atoms with E-state index in [0.717, 1.165) is 0 Å². The smallest absolute Gasteiger partial charge is 0.417 e. The van der Waals surface area contributed by atoms with Crippen LogP contribution in [0.4, 0.5) is 13.2 Å². The van der Waals surface area contributed by atoms with E-state index >= 15 is 0 Å². The molecular formula is C13H6F3NO2. The first kappa shape index (κ1) is 11.7. The number of hydrogen-bond donors (Lipinski definition) is 0. The van der Waals surface area contributed by atoms with Crippen LogP contribution in [0.1, 0.15) is 5.56 Å². The van der Waals surface area contributed by atoms with Crippen molar-refractivity contribution in [3.63, 3.8) is 0 Å². The SMILES string of the molecule is O=c1cc(C(F)(F)F)c2cc3cccnc3cc2o1. The van der Waals surface area contributed by atoms with E-state index in [-0.39, 0.29) is 11.0 Å². The summed E-state index contributed by atoms with van der Waals surface area (Å²) in [6, 6.07) is 6.39. The second kappa shape index (κ2) is 3.81. The van der Waals surface area contributed by atoms with Gasteiger partial charge >= 0.3 is 11.8 Å². The first-order chi connectivity index (χ1) is 8.95. The van der Waals surface area contributed by atoms with E-state index in [2.05, 4.69) is 4.98 Å². The molecule has 0 aliphatic heterocycles. The summed E-state index contributed by atoms with van der Waals surface area (Å²) in [5.74, 6) is 0. The molecule has 0 aliphatic rings. The third-order valence-electron chi connectivity index (χ3n) is 2.77. The van der Waals surface area contributed by atoms with Gasteiger partial charge in [-0.2, -0.15) is 13.2 Å². The van der Waals surface area contributed by atoms with Crippen molar-refractivity contribution in [1.82, 2.24) is 4.98 Å². The Morgan fingerprint density at radius 3 is 2.68 bits per heavy atom. The van der Waals surface area contributed by atoms with Crippen LogP contribution < -0.4 is 5.63 Å². The summed E-state index contributed by atoms with van der Waals surface area (Å²) < 4.78 is 43.5. The van der Waals surface area contributed by atoms with Crippen LogP contribution in [0.15, 0.2) is 45.7 Å². The molecule has 0 aliphatic carbocycles. The van der Waals surface area contributed by atoms with Crippen molar-refractivity contribution >= 4 is 21.9 Å². The van der Waals surface area contributed by atoms with E-state index in [0.29, 0.717) is 17.0 Å². The summed E-state index contributed by atoms with van der Waals surface area (Å²) in [5.41, 5.74) is -1.68. The molecule has 6 heteroatoms. The van der Waals surface area contributed by atoms with Crippen molar-refractivity contribution in [3.05, 3.63) is 52.5 Å². The molecule has 0 unspecified atom stereocenters. The largest absolute Gasteiger partial charge is 0.423 e. The zero-order valence-corrected chi connectivity index (χ0v) is 9.36. The van der Waals surface area contributed by atoms with E-state index in [1.807, 2.05) is 0 Å². The Hall–Kier alpha value is -2.37. The Morgan fingerprint density at radius 2 is 1.95 bits per heavy atom. The molecule has 96 valence electrons. The van der Waals surface area contributed by atoms with E-state index in [4.69, 9.17) is 4.42 Å². The minimum Gasteiger partial charge on any atom is -0.423 e. The number of rotatable bonds is 0. The van der Waals surface area contributed by atoms with E-state index in [9.17, 15) is 18.0 Å². The van der Waals surface area contributed by atoms with Gasteiger partial charge in [-0.25, -0.2) is 4.79 Å². The lowest BCUT2D eigenvalue weighted by atomic mass is 10.1. The third kappa shape index (κ3) is 1.95. The van der Waals surface area contributed by atoms with Gasteiger partial charge in [0.25, 0.3) is 0 Å². The van der Waals surface area contributed by atoms with Gasteiger partial charge in [-0.1, -0.05) is 6.07 Å². The number of benzene rings is 1. The molecule has 0 bridgehead atoms. The van der Waals surface area contributed by atoms with Crippen LogP contribution in [-0.4, -0.2) is 4.98 Å². The highest BCUT2D eigenvalue weighted by atomic mass is 19.4. The Bertz CT molecular complexity index is 837. The Balaban J connectivity index is 2.50. The van der Waals surface area contributed by atoms with Crippen LogP contribution in [0.5, 0.6) is 0 Å². The fraction of sp³-hybridized carbons (Fsp3) is 0.0769. The van der Waals surface area contributed by atoms with Crippen LogP contribution in [0.25, 0.3) is 21.9 Å². The summed E-state index contributed by atoms with van der Waals surface area (Å²) in [6.45, 7) is 0. The summed E-state index contributed by atoms with van der Waals surface area (Å²) in [6.07, 6.45) is -3.09. The number of hydrogen-bond acceptors (Lipinski definition) is 3. The Kier molecular flexibility index (Phi) is 2.35. The van der Waals surface area contributed by atoms with Crippen molar-refractivity contribution in [2.75, 3.05) is 0 Å². The van der Waals surface area contributed by atoms with E-state index in [1.165, 1.54) is 18.3 Å². The second-order valence-electron chi connectivity index (χ2n) is 4.02. The number of alkyl halides is 3. The van der Waals surface area contributed by atoms with Crippen molar-refractivity contribution in [3.8, 4) is 0 Å². The maximum Gasteiger partial charge on any atom is 0.417 e. The lowest BCUT2D eigenvalue weighted by molar-refractivity contribution is -0.136. The normalized spacial score (nSPS) is 12.2. The Labute approximate surface area is 104 Å². The molecule has 3 aromatic rings. The van der Waals surface area contributed by atoms with Gasteiger partial charge in [0.1, 0.15) is 5.58 Å². The maximum atomic E-state index is 12.9. The number of fused-ring (bicyclic) bond motifs is 2. The minimum absolute atomic E-state index is 0.119. The quantitative estimate of drug-likeness (QED) is 0.462. The van der Waals surface area contributed by atoms with Gasteiger partial charge in [-0.15, -0.1) is 0 Å². The highest BCUT2D eigenvalue weighted by Gasteiger charge is 2.33. The van der Waals surface area contributed by atoms with Gasteiger partial charge in [0.15, 0.2) is 0 Å². The molecule has 0 atom stereocenters. The molecule has 0 saturated carbocycles. The van der Waals surface area contributed by atoms with Gasteiger partial charge in [0, 0.05) is 29.1 Å². The molecule has 0 N–H and O–H groups in total. The molecule has 0 radical (unpaired) electrons. The standard InChI is InChI=1S/C13H6F3NO2/c14-13(15,16)9-5-12(18)19-11-6-10-7(4-8(9)11)2-1-3-17-10/h1-6H.